The molecule has 0 fully saturated rings. The summed E-state index contributed by atoms with van der Waals surface area (Å²) >= 11 is 5.22. The number of hydrogen-bond donors (Lipinski definition) is 1. The maximum Gasteiger partial charge on any atom is 0.242 e. The van der Waals surface area contributed by atoms with Crippen LogP contribution in [0, 0.1) is 5.92 Å². The number of nitrogens with zero attached hydrogens (tertiary/aromatic N) is 1. The van der Waals surface area contributed by atoms with Crippen molar-refractivity contribution in [2.24, 2.45) is 5.92 Å². The van der Waals surface area contributed by atoms with Crippen LogP contribution in [-0.4, -0.2) is 35.1 Å². The molecule has 4 nitrogen and oxygen atoms in total. The lowest BCUT2D eigenvalue weighted by Gasteiger charge is -2.29. The Labute approximate surface area is 192 Å². The Morgan fingerprint density at radius 1 is 1.03 bits per heavy atom. The minimum absolute atomic E-state index is 0.00253. The Morgan fingerprint density at radius 3 is 2.40 bits per heavy atom. The Morgan fingerprint density at radius 2 is 1.73 bits per heavy atom. The summed E-state index contributed by atoms with van der Waals surface area (Å²) in [4.78, 5) is 27.4. The minimum atomic E-state index is -0.519. The van der Waals surface area contributed by atoms with E-state index in [4.69, 9.17) is 0 Å². The number of amides is 2. The van der Waals surface area contributed by atoms with Gasteiger partial charge in [0, 0.05) is 35.5 Å². The summed E-state index contributed by atoms with van der Waals surface area (Å²) in [7, 11) is 0. The van der Waals surface area contributed by atoms with Crippen molar-refractivity contribution >= 4 is 39.5 Å². The summed E-state index contributed by atoms with van der Waals surface area (Å²) in [5.41, 5.74) is 2.25. The third-order valence-corrected chi connectivity index (χ3v) is 6.19. The van der Waals surface area contributed by atoms with Gasteiger partial charge in [0.25, 0.3) is 0 Å². The predicted molar refractivity (Wildman–Crippen MR) is 129 cm³/mol. The molecule has 0 aliphatic rings. The van der Waals surface area contributed by atoms with Crippen LogP contribution >= 0.6 is 27.7 Å². The highest BCUT2D eigenvalue weighted by Gasteiger charge is 2.25. The van der Waals surface area contributed by atoms with Crippen LogP contribution in [0.5, 0.6) is 0 Å². The maximum atomic E-state index is 13.0. The first-order chi connectivity index (χ1) is 14.4. The van der Waals surface area contributed by atoms with Crippen LogP contribution in [0.15, 0.2) is 59.1 Å². The Kier molecular flexibility index (Phi) is 10.4. The molecule has 0 spiro atoms. The van der Waals surface area contributed by atoms with Gasteiger partial charge in [0.1, 0.15) is 6.04 Å². The molecule has 2 aromatic carbocycles. The number of carbonyl (C=O) groups is 2. The molecule has 30 heavy (non-hydrogen) atoms. The van der Waals surface area contributed by atoms with E-state index in [-0.39, 0.29) is 11.8 Å². The third-order valence-electron chi connectivity index (χ3n) is 4.67. The SMILES string of the molecule is CC(C)CNC(=O)[C@H](C)N(Cc1cccc(Br)c1)C(=O)CCSCc1ccccc1. The molecule has 2 rings (SSSR count). The van der Waals surface area contributed by atoms with Gasteiger partial charge in [-0.3, -0.25) is 9.59 Å². The van der Waals surface area contributed by atoms with Crippen molar-refractivity contribution in [3.05, 3.63) is 70.2 Å². The third kappa shape index (κ3) is 8.52. The van der Waals surface area contributed by atoms with E-state index in [1.165, 1.54) is 5.56 Å². The molecule has 0 saturated carbocycles. The van der Waals surface area contributed by atoms with Gasteiger partial charge in [-0.25, -0.2) is 0 Å². The lowest BCUT2D eigenvalue weighted by molar-refractivity contribution is -0.140. The highest BCUT2D eigenvalue weighted by Crippen LogP contribution is 2.18. The maximum absolute atomic E-state index is 13.0. The average Bonchev–Trinajstić information content (AvgIpc) is 2.73. The van der Waals surface area contributed by atoms with E-state index in [1.54, 1.807) is 16.7 Å². The van der Waals surface area contributed by atoms with E-state index < -0.39 is 6.04 Å². The van der Waals surface area contributed by atoms with E-state index in [0.717, 1.165) is 21.5 Å². The molecule has 0 saturated heterocycles. The highest BCUT2D eigenvalue weighted by atomic mass is 79.9. The fourth-order valence-corrected chi connectivity index (χ4v) is 4.27. The van der Waals surface area contributed by atoms with Crippen LogP contribution in [0.25, 0.3) is 0 Å². The number of rotatable bonds is 11. The van der Waals surface area contributed by atoms with Crippen molar-refractivity contribution in [3.8, 4) is 0 Å². The number of nitrogens with one attached hydrogen (secondary N) is 1. The predicted octanol–water partition coefficient (Wildman–Crippen LogP) is 5.26. The first-order valence-electron chi connectivity index (χ1n) is 10.3. The van der Waals surface area contributed by atoms with Gasteiger partial charge in [0.2, 0.25) is 11.8 Å². The minimum Gasteiger partial charge on any atom is -0.354 e. The monoisotopic (exact) mass is 490 g/mol. The topological polar surface area (TPSA) is 49.4 Å². The molecular formula is C24H31BrN2O2S. The summed E-state index contributed by atoms with van der Waals surface area (Å²) in [6.45, 7) is 6.94. The number of carbonyl (C=O) groups excluding carboxylic acids is 2. The van der Waals surface area contributed by atoms with E-state index in [9.17, 15) is 9.59 Å². The standard InChI is InChI=1S/C24H31BrN2O2S/c1-18(2)15-26-24(29)19(3)27(16-21-10-7-11-22(25)14-21)23(28)12-13-30-17-20-8-5-4-6-9-20/h4-11,14,18-19H,12-13,15-17H2,1-3H3,(H,26,29)/t19-/m0/s1. The van der Waals surface area contributed by atoms with Crippen LogP contribution in [0.1, 0.15) is 38.3 Å². The molecule has 1 N–H and O–H groups in total. The smallest absolute Gasteiger partial charge is 0.242 e. The zero-order valence-corrected chi connectivity index (χ0v) is 20.3. The molecule has 162 valence electrons. The van der Waals surface area contributed by atoms with Gasteiger partial charge in [-0.05, 0) is 36.1 Å². The molecule has 0 aromatic heterocycles. The van der Waals surface area contributed by atoms with E-state index in [2.05, 4.69) is 47.2 Å². The van der Waals surface area contributed by atoms with Crippen LogP contribution in [0.4, 0.5) is 0 Å². The quantitative estimate of drug-likeness (QED) is 0.436. The summed E-state index contributed by atoms with van der Waals surface area (Å²) in [6, 6.07) is 17.6. The summed E-state index contributed by atoms with van der Waals surface area (Å²) < 4.78 is 0.961. The molecule has 1 atom stereocenters. The van der Waals surface area contributed by atoms with Gasteiger partial charge in [-0.15, -0.1) is 0 Å². The molecule has 0 heterocycles. The molecule has 6 heteroatoms. The number of halogens is 1. The second-order valence-electron chi connectivity index (χ2n) is 7.75. The second-order valence-corrected chi connectivity index (χ2v) is 9.78. The van der Waals surface area contributed by atoms with Crippen molar-refractivity contribution < 1.29 is 9.59 Å². The van der Waals surface area contributed by atoms with Gasteiger partial charge < -0.3 is 10.2 Å². The van der Waals surface area contributed by atoms with Crippen molar-refractivity contribution in [1.82, 2.24) is 10.2 Å². The second kappa shape index (κ2) is 12.8. The molecular weight excluding hydrogens is 460 g/mol. The molecule has 0 radical (unpaired) electrons. The van der Waals surface area contributed by atoms with Crippen molar-refractivity contribution in [3.63, 3.8) is 0 Å². The number of thioether (sulfide) groups is 1. The highest BCUT2D eigenvalue weighted by molar-refractivity contribution is 9.10. The van der Waals surface area contributed by atoms with Crippen LogP contribution < -0.4 is 5.32 Å². The normalized spacial score (nSPS) is 11.9. The van der Waals surface area contributed by atoms with E-state index >= 15 is 0 Å². The fourth-order valence-electron chi connectivity index (χ4n) is 2.93. The first kappa shape index (κ1) is 24.5. The number of benzene rings is 2. The molecule has 0 aliphatic heterocycles. The van der Waals surface area contributed by atoms with Crippen molar-refractivity contribution in [1.29, 1.82) is 0 Å². The van der Waals surface area contributed by atoms with Gasteiger partial charge in [-0.1, -0.05) is 72.2 Å². The lowest BCUT2D eigenvalue weighted by Crippen LogP contribution is -2.48. The van der Waals surface area contributed by atoms with Crippen LogP contribution in [-0.2, 0) is 21.9 Å². The summed E-state index contributed by atoms with van der Waals surface area (Å²) in [5, 5.41) is 2.96. The average molecular weight is 491 g/mol. The largest absolute Gasteiger partial charge is 0.354 e. The molecule has 0 aliphatic carbocycles. The van der Waals surface area contributed by atoms with E-state index in [1.807, 2.05) is 49.4 Å². The van der Waals surface area contributed by atoms with Crippen molar-refractivity contribution in [2.45, 2.75) is 45.5 Å². The zero-order valence-electron chi connectivity index (χ0n) is 17.9. The summed E-state index contributed by atoms with van der Waals surface area (Å²) in [5.74, 6) is 1.87. The molecule has 0 unspecified atom stereocenters. The Balaban J connectivity index is 1.99. The van der Waals surface area contributed by atoms with E-state index in [0.29, 0.717) is 25.4 Å². The van der Waals surface area contributed by atoms with Crippen LogP contribution in [0.3, 0.4) is 0 Å². The first-order valence-corrected chi connectivity index (χ1v) is 12.2. The summed E-state index contributed by atoms with van der Waals surface area (Å²) in [6.07, 6.45) is 0.410. The Bertz CT molecular complexity index is 814. The van der Waals surface area contributed by atoms with Gasteiger partial charge in [-0.2, -0.15) is 11.8 Å². The van der Waals surface area contributed by atoms with Crippen LogP contribution in [0.2, 0.25) is 0 Å². The van der Waals surface area contributed by atoms with Gasteiger partial charge in [0.05, 0.1) is 0 Å². The van der Waals surface area contributed by atoms with Gasteiger partial charge >= 0.3 is 0 Å². The zero-order chi connectivity index (χ0) is 21.9. The van der Waals surface area contributed by atoms with Gasteiger partial charge in [0.15, 0.2) is 0 Å². The Hall–Kier alpha value is -1.79. The van der Waals surface area contributed by atoms with Crippen molar-refractivity contribution in [2.75, 3.05) is 12.3 Å². The molecule has 2 amide bonds. The lowest BCUT2D eigenvalue weighted by atomic mass is 10.1. The molecule has 0 bridgehead atoms. The molecule has 2 aromatic rings. The fraction of sp³-hybridized carbons (Fsp3) is 0.417. The number of hydrogen-bond acceptors (Lipinski definition) is 3.